The van der Waals surface area contributed by atoms with E-state index in [1.54, 1.807) is 11.1 Å². The number of amides is 2. The number of benzene rings is 1. The Kier molecular flexibility index (Phi) is 6.29. The Bertz CT molecular complexity index is 659. The Morgan fingerprint density at radius 2 is 1.91 bits per heavy atom. The zero-order valence-corrected chi connectivity index (χ0v) is 14.4. The average molecular weight is 376 g/mol. The molecule has 1 heterocycles. The lowest BCUT2D eigenvalue weighted by atomic mass is 10.2. The molecule has 5 nitrogen and oxygen atoms in total. The summed E-state index contributed by atoms with van der Waals surface area (Å²) in [4.78, 5) is 29.5. The van der Waals surface area contributed by atoms with Crippen LogP contribution in [-0.4, -0.2) is 28.2 Å². The highest BCUT2D eigenvalue weighted by Crippen LogP contribution is 2.14. The summed E-state index contributed by atoms with van der Waals surface area (Å²) in [6.45, 7) is 2.26. The second-order valence-electron chi connectivity index (χ2n) is 5.07. The molecule has 0 spiro atoms. The van der Waals surface area contributed by atoms with Crippen LogP contribution in [0.3, 0.4) is 0 Å². The molecule has 1 aromatic carbocycles. The minimum atomic E-state index is -0.125. The standard InChI is InChI=1S/C17H18BrN3O2/c1-13(22)21(12-16-4-2-3-10-19-16)11-9-17(23)20-15-7-5-14(18)6-8-15/h2-8,10H,9,11-12H2,1H3,(H,20,23). The Morgan fingerprint density at radius 1 is 1.17 bits per heavy atom. The molecule has 1 aromatic heterocycles. The summed E-state index contributed by atoms with van der Waals surface area (Å²) in [6.07, 6.45) is 1.93. The molecule has 120 valence electrons. The normalized spacial score (nSPS) is 10.2. The molecule has 2 rings (SSSR count). The third-order valence-electron chi connectivity index (χ3n) is 3.26. The third-order valence-corrected chi connectivity index (χ3v) is 3.79. The van der Waals surface area contributed by atoms with Gasteiger partial charge in [0.2, 0.25) is 11.8 Å². The first-order valence-electron chi connectivity index (χ1n) is 7.25. The Hall–Kier alpha value is -2.21. The largest absolute Gasteiger partial charge is 0.337 e. The molecule has 0 atom stereocenters. The molecule has 2 amide bonds. The summed E-state index contributed by atoms with van der Waals surface area (Å²) in [6, 6.07) is 12.9. The van der Waals surface area contributed by atoms with Crippen molar-refractivity contribution in [3.63, 3.8) is 0 Å². The molecule has 0 radical (unpaired) electrons. The van der Waals surface area contributed by atoms with E-state index in [1.165, 1.54) is 6.92 Å². The van der Waals surface area contributed by atoms with Crippen molar-refractivity contribution in [3.8, 4) is 0 Å². The fraction of sp³-hybridized carbons (Fsp3) is 0.235. The van der Waals surface area contributed by atoms with Crippen molar-refractivity contribution >= 4 is 33.4 Å². The summed E-state index contributed by atoms with van der Waals surface area (Å²) >= 11 is 3.35. The lowest BCUT2D eigenvalue weighted by Crippen LogP contribution is -2.31. The summed E-state index contributed by atoms with van der Waals surface area (Å²) < 4.78 is 0.952. The topological polar surface area (TPSA) is 62.3 Å². The molecule has 23 heavy (non-hydrogen) atoms. The van der Waals surface area contributed by atoms with Crippen molar-refractivity contribution in [2.24, 2.45) is 0 Å². The van der Waals surface area contributed by atoms with E-state index in [4.69, 9.17) is 0 Å². The number of nitrogens with zero attached hydrogens (tertiary/aromatic N) is 2. The van der Waals surface area contributed by atoms with Crippen LogP contribution in [0.1, 0.15) is 19.0 Å². The van der Waals surface area contributed by atoms with E-state index in [9.17, 15) is 9.59 Å². The lowest BCUT2D eigenvalue weighted by Gasteiger charge is -2.20. The number of carbonyl (C=O) groups excluding carboxylic acids is 2. The molecule has 0 aliphatic heterocycles. The highest BCUT2D eigenvalue weighted by atomic mass is 79.9. The molecular formula is C17H18BrN3O2. The van der Waals surface area contributed by atoms with Crippen molar-refractivity contribution in [2.75, 3.05) is 11.9 Å². The van der Waals surface area contributed by atoms with E-state index in [0.29, 0.717) is 13.1 Å². The van der Waals surface area contributed by atoms with Gasteiger partial charge >= 0.3 is 0 Å². The maximum Gasteiger partial charge on any atom is 0.226 e. The zero-order valence-electron chi connectivity index (χ0n) is 12.8. The van der Waals surface area contributed by atoms with Gasteiger partial charge in [-0.3, -0.25) is 14.6 Å². The smallest absolute Gasteiger partial charge is 0.226 e. The highest BCUT2D eigenvalue weighted by Gasteiger charge is 2.12. The van der Waals surface area contributed by atoms with Gasteiger partial charge in [-0.05, 0) is 36.4 Å². The van der Waals surface area contributed by atoms with Crippen LogP contribution in [0.2, 0.25) is 0 Å². The molecule has 2 aromatic rings. The highest BCUT2D eigenvalue weighted by molar-refractivity contribution is 9.10. The van der Waals surface area contributed by atoms with Crippen LogP contribution in [0, 0.1) is 0 Å². The number of pyridine rings is 1. The van der Waals surface area contributed by atoms with Gasteiger partial charge in [-0.2, -0.15) is 0 Å². The monoisotopic (exact) mass is 375 g/mol. The Labute approximate surface area is 143 Å². The number of rotatable bonds is 6. The minimum absolute atomic E-state index is 0.0768. The van der Waals surface area contributed by atoms with Gasteiger partial charge in [0, 0.05) is 36.2 Å². The van der Waals surface area contributed by atoms with Gasteiger partial charge in [-0.25, -0.2) is 0 Å². The molecule has 0 aliphatic rings. The van der Waals surface area contributed by atoms with Gasteiger partial charge in [0.15, 0.2) is 0 Å². The summed E-state index contributed by atoms with van der Waals surface area (Å²) in [7, 11) is 0. The fourth-order valence-electron chi connectivity index (χ4n) is 2.03. The number of carbonyl (C=O) groups is 2. The average Bonchev–Trinajstić information content (AvgIpc) is 2.54. The first-order chi connectivity index (χ1) is 11.0. The van der Waals surface area contributed by atoms with Crippen LogP contribution in [-0.2, 0) is 16.1 Å². The second-order valence-corrected chi connectivity index (χ2v) is 5.98. The number of anilines is 1. The first-order valence-corrected chi connectivity index (χ1v) is 8.05. The number of hydrogen-bond donors (Lipinski definition) is 1. The van der Waals surface area contributed by atoms with Crippen molar-refractivity contribution in [3.05, 3.63) is 58.8 Å². The quantitative estimate of drug-likeness (QED) is 0.842. The van der Waals surface area contributed by atoms with E-state index in [-0.39, 0.29) is 18.2 Å². The van der Waals surface area contributed by atoms with Crippen molar-refractivity contribution in [1.82, 2.24) is 9.88 Å². The van der Waals surface area contributed by atoms with Gasteiger partial charge in [0.1, 0.15) is 0 Å². The SMILES string of the molecule is CC(=O)N(CCC(=O)Nc1ccc(Br)cc1)Cc1ccccn1. The lowest BCUT2D eigenvalue weighted by molar-refractivity contribution is -0.130. The summed E-state index contributed by atoms with van der Waals surface area (Å²) in [5.74, 6) is -0.202. The van der Waals surface area contributed by atoms with Crippen LogP contribution < -0.4 is 5.32 Å². The van der Waals surface area contributed by atoms with Crippen LogP contribution in [0.4, 0.5) is 5.69 Å². The Balaban J connectivity index is 1.87. The fourth-order valence-corrected chi connectivity index (χ4v) is 2.29. The predicted molar refractivity (Wildman–Crippen MR) is 92.7 cm³/mol. The van der Waals surface area contributed by atoms with Gasteiger partial charge in [-0.15, -0.1) is 0 Å². The second kappa shape index (κ2) is 8.43. The molecule has 0 aliphatic carbocycles. The maximum atomic E-state index is 12.0. The molecular weight excluding hydrogens is 358 g/mol. The molecule has 0 saturated heterocycles. The summed E-state index contributed by atoms with van der Waals surface area (Å²) in [5.41, 5.74) is 1.54. The van der Waals surface area contributed by atoms with Gasteiger partial charge in [0.25, 0.3) is 0 Å². The predicted octanol–water partition coefficient (Wildman–Crippen LogP) is 3.22. The van der Waals surface area contributed by atoms with E-state index in [0.717, 1.165) is 15.9 Å². The number of hydrogen-bond acceptors (Lipinski definition) is 3. The van der Waals surface area contributed by atoms with E-state index in [2.05, 4.69) is 26.2 Å². The first kappa shape index (κ1) is 17.1. The zero-order chi connectivity index (χ0) is 16.7. The molecule has 6 heteroatoms. The minimum Gasteiger partial charge on any atom is -0.337 e. The summed E-state index contributed by atoms with van der Waals surface area (Å²) in [5, 5.41) is 2.81. The molecule has 0 fully saturated rings. The van der Waals surface area contributed by atoms with Crippen molar-refractivity contribution in [2.45, 2.75) is 19.9 Å². The molecule has 0 saturated carbocycles. The Morgan fingerprint density at radius 3 is 2.52 bits per heavy atom. The molecule has 1 N–H and O–H groups in total. The van der Waals surface area contributed by atoms with Crippen LogP contribution in [0.5, 0.6) is 0 Å². The van der Waals surface area contributed by atoms with Gasteiger partial charge in [0.05, 0.1) is 12.2 Å². The number of halogens is 1. The number of aromatic nitrogens is 1. The molecule has 0 bridgehead atoms. The van der Waals surface area contributed by atoms with Crippen molar-refractivity contribution in [1.29, 1.82) is 0 Å². The van der Waals surface area contributed by atoms with E-state index >= 15 is 0 Å². The van der Waals surface area contributed by atoms with Crippen molar-refractivity contribution < 1.29 is 9.59 Å². The van der Waals surface area contributed by atoms with E-state index < -0.39 is 0 Å². The maximum absolute atomic E-state index is 12.0. The van der Waals surface area contributed by atoms with Gasteiger partial charge in [-0.1, -0.05) is 22.0 Å². The third kappa shape index (κ3) is 5.83. The van der Waals surface area contributed by atoms with Gasteiger partial charge < -0.3 is 10.2 Å². The van der Waals surface area contributed by atoms with Crippen LogP contribution in [0.25, 0.3) is 0 Å². The van der Waals surface area contributed by atoms with E-state index in [1.807, 2.05) is 42.5 Å². The van der Waals surface area contributed by atoms with Crippen LogP contribution in [0.15, 0.2) is 53.1 Å². The molecule has 0 unspecified atom stereocenters. The number of nitrogens with one attached hydrogen (secondary N) is 1. The van der Waals surface area contributed by atoms with Crippen LogP contribution >= 0.6 is 15.9 Å².